The summed E-state index contributed by atoms with van der Waals surface area (Å²) in [5.41, 5.74) is -3.73. The van der Waals surface area contributed by atoms with E-state index in [0.29, 0.717) is 6.07 Å². The average Bonchev–Trinajstić information content (AvgIpc) is 3.03. The van der Waals surface area contributed by atoms with Gasteiger partial charge in [0.2, 0.25) is 10.0 Å². The van der Waals surface area contributed by atoms with Gasteiger partial charge in [0.05, 0.1) is 29.0 Å². The number of halogens is 3. The van der Waals surface area contributed by atoms with Gasteiger partial charge in [-0.2, -0.15) is 13.2 Å². The molecule has 2 aromatic rings. The maximum Gasteiger partial charge on any atom is 0.423 e. The second-order valence-electron chi connectivity index (χ2n) is 5.76. The first kappa shape index (κ1) is 16.7. The third-order valence-electron chi connectivity index (χ3n) is 3.83. The van der Waals surface area contributed by atoms with E-state index in [9.17, 15) is 31.7 Å². The van der Waals surface area contributed by atoms with Gasteiger partial charge in [-0.1, -0.05) is 0 Å². The van der Waals surface area contributed by atoms with Crippen LogP contribution in [0.5, 0.6) is 0 Å². The second-order valence-corrected chi connectivity index (χ2v) is 7.59. The van der Waals surface area contributed by atoms with Crippen molar-refractivity contribution in [2.45, 2.75) is 18.7 Å². The van der Waals surface area contributed by atoms with Crippen molar-refractivity contribution < 1.29 is 31.2 Å². The standard InChI is InChI=1S/C13H11F3N2O5S/c1-12(6-23-12)11-4-7-3-10(18(19)20)8(13(14,15)16)5-9(7)17(11)24(2,21)22/h3-5H,6H2,1-2H3. The number of hydrogen-bond donors (Lipinski definition) is 0. The Morgan fingerprint density at radius 2 is 1.92 bits per heavy atom. The van der Waals surface area contributed by atoms with E-state index >= 15 is 0 Å². The third-order valence-corrected chi connectivity index (χ3v) is 4.88. The topological polar surface area (TPSA) is 94.7 Å². The quantitative estimate of drug-likeness (QED) is 0.474. The van der Waals surface area contributed by atoms with Crippen LogP contribution >= 0.6 is 0 Å². The van der Waals surface area contributed by atoms with E-state index in [-0.39, 0.29) is 23.2 Å². The lowest BCUT2D eigenvalue weighted by Crippen LogP contribution is -2.18. The Kier molecular flexibility index (Phi) is 3.27. The molecule has 1 aromatic heterocycles. The van der Waals surface area contributed by atoms with E-state index in [1.165, 1.54) is 6.07 Å². The monoisotopic (exact) mass is 364 g/mol. The summed E-state index contributed by atoms with van der Waals surface area (Å²) in [5.74, 6) is 0. The van der Waals surface area contributed by atoms with Crippen molar-refractivity contribution >= 4 is 26.6 Å². The predicted molar refractivity (Wildman–Crippen MR) is 77.1 cm³/mol. The minimum atomic E-state index is -5.00. The number of nitrogens with zero attached hydrogens (tertiary/aromatic N) is 2. The van der Waals surface area contributed by atoms with Crippen LogP contribution in [0.25, 0.3) is 10.9 Å². The van der Waals surface area contributed by atoms with Gasteiger partial charge in [-0.25, -0.2) is 12.4 Å². The number of epoxide rings is 1. The van der Waals surface area contributed by atoms with E-state index in [1.54, 1.807) is 6.92 Å². The van der Waals surface area contributed by atoms with Crippen molar-refractivity contribution in [3.63, 3.8) is 0 Å². The molecule has 0 N–H and O–H groups in total. The maximum absolute atomic E-state index is 13.1. The summed E-state index contributed by atoms with van der Waals surface area (Å²) in [5, 5.41) is 11.0. The van der Waals surface area contributed by atoms with E-state index < -0.39 is 38.0 Å². The van der Waals surface area contributed by atoms with Crippen molar-refractivity contribution in [1.29, 1.82) is 0 Å². The van der Waals surface area contributed by atoms with Gasteiger partial charge < -0.3 is 4.74 Å². The van der Waals surface area contributed by atoms with Gasteiger partial charge >= 0.3 is 6.18 Å². The number of rotatable bonds is 3. The normalized spacial score (nSPS) is 21.2. The molecule has 0 saturated carbocycles. The molecule has 0 radical (unpaired) electrons. The first-order valence-electron chi connectivity index (χ1n) is 6.61. The van der Waals surface area contributed by atoms with Crippen molar-refractivity contribution in [3.8, 4) is 0 Å². The van der Waals surface area contributed by atoms with Gasteiger partial charge in [-0.15, -0.1) is 0 Å². The van der Waals surface area contributed by atoms with Gasteiger partial charge in [0, 0.05) is 11.5 Å². The molecular formula is C13H11F3N2O5S. The Labute approximate surface area is 133 Å². The zero-order chi connectivity index (χ0) is 18.1. The molecule has 11 heteroatoms. The van der Waals surface area contributed by atoms with Gasteiger partial charge in [0.15, 0.2) is 0 Å². The number of ether oxygens (including phenoxy) is 1. The summed E-state index contributed by atoms with van der Waals surface area (Å²) >= 11 is 0. The molecule has 1 aliphatic rings. The van der Waals surface area contributed by atoms with Gasteiger partial charge in [0.1, 0.15) is 11.2 Å². The zero-order valence-corrected chi connectivity index (χ0v) is 13.2. The van der Waals surface area contributed by atoms with Crippen LogP contribution in [0, 0.1) is 10.1 Å². The fourth-order valence-electron chi connectivity index (χ4n) is 2.58. The molecule has 1 aromatic carbocycles. The summed E-state index contributed by atoms with van der Waals surface area (Å²) in [6.45, 7) is 1.79. The van der Waals surface area contributed by atoms with Crippen LogP contribution in [0.15, 0.2) is 18.2 Å². The Balaban J connectivity index is 2.45. The van der Waals surface area contributed by atoms with E-state index in [4.69, 9.17) is 4.74 Å². The SMILES string of the molecule is CC1(c2cc3cc([N+](=O)[O-])c(C(F)(F)F)cc3n2S(C)(=O)=O)CO1. The number of fused-ring (bicyclic) bond motifs is 1. The molecule has 0 aliphatic carbocycles. The van der Waals surface area contributed by atoms with Crippen LogP contribution in [-0.4, -0.2) is 30.2 Å². The summed E-state index contributed by atoms with van der Waals surface area (Å²) < 4.78 is 69.5. The highest BCUT2D eigenvalue weighted by Gasteiger charge is 2.46. The number of alkyl halides is 3. The fraction of sp³-hybridized carbons (Fsp3) is 0.385. The Morgan fingerprint density at radius 3 is 2.33 bits per heavy atom. The van der Waals surface area contributed by atoms with Gasteiger partial charge in [0.25, 0.3) is 5.69 Å². The minimum Gasteiger partial charge on any atom is -0.363 e. The van der Waals surface area contributed by atoms with Crippen LogP contribution in [0.4, 0.5) is 18.9 Å². The zero-order valence-electron chi connectivity index (χ0n) is 12.4. The lowest BCUT2D eigenvalue weighted by Gasteiger charge is -2.12. The van der Waals surface area contributed by atoms with Gasteiger partial charge in [-0.3, -0.25) is 10.1 Å². The largest absolute Gasteiger partial charge is 0.423 e. The van der Waals surface area contributed by atoms with Crippen LogP contribution in [0.2, 0.25) is 0 Å². The molecule has 7 nitrogen and oxygen atoms in total. The Morgan fingerprint density at radius 1 is 1.33 bits per heavy atom. The van der Waals surface area contributed by atoms with Crippen molar-refractivity contribution in [3.05, 3.63) is 39.6 Å². The molecule has 0 bridgehead atoms. The molecule has 3 rings (SSSR count). The lowest BCUT2D eigenvalue weighted by atomic mass is 10.1. The lowest BCUT2D eigenvalue weighted by molar-refractivity contribution is -0.387. The molecule has 1 atom stereocenters. The molecule has 1 fully saturated rings. The maximum atomic E-state index is 13.1. The molecule has 1 unspecified atom stereocenters. The first-order chi connectivity index (χ1) is 10.8. The summed E-state index contributed by atoms with van der Waals surface area (Å²) in [7, 11) is -3.96. The highest BCUT2D eigenvalue weighted by molar-refractivity contribution is 7.89. The van der Waals surface area contributed by atoms with E-state index in [0.717, 1.165) is 16.3 Å². The number of nitro groups is 1. The Hall–Kier alpha value is -2.14. The molecule has 24 heavy (non-hydrogen) atoms. The average molecular weight is 364 g/mol. The highest BCUT2D eigenvalue weighted by atomic mass is 32.2. The van der Waals surface area contributed by atoms with E-state index in [1.807, 2.05) is 0 Å². The summed E-state index contributed by atoms with van der Waals surface area (Å²) in [4.78, 5) is 9.82. The molecule has 2 heterocycles. The number of hydrogen-bond acceptors (Lipinski definition) is 5. The third kappa shape index (κ3) is 2.53. The van der Waals surface area contributed by atoms with Crippen LogP contribution < -0.4 is 0 Å². The molecule has 1 aliphatic heterocycles. The number of nitro benzene ring substituents is 1. The highest BCUT2D eigenvalue weighted by Crippen LogP contribution is 2.44. The number of benzene rings is 1. The number of aromatic nitrogens is 1. The smallest absolute Gasteiger partial charge is 0.363 e. The minimum absolute atomic E-state index is 0.0202. The van der Waals surface area contributed by atoms with Crippen molar-refractivity contribution in [2.75, 3.05) is 12.9 Å². The molecule has 1 saturated heterocycles. The van der Waals surface area contributed by atoms with Crippen LogP contribution in [0.1, 0.15) is 18.2 Å². The van der Waals surface area contributed by atoms with Crippen LogP contribution in [0.3, 0.4) is 0 Å². The first-order valence-corrected chi connectivity index (χ1v) is 8.45. The molecular weight excluding hydrogens is 353 g/mol. The van der Waals surface area contributed by atoms with Gasteiger partial charge in [-0.05, 0) is 19.1 Å². The molecule has 0 spiro atoms. The van der Waals surface area contributed by atoms with E-state index in [2.05, 4.69) is 0 Å². The van der Waals surface area contributed by atoms with Crippen molar-refractivity contribution in [1.82, 2.24) is 3.97 Å². The second kappa shape index (κ2) is 4.70. The summed E-state index contributed by atoms with van der Waals surface area (Å²) in [6, 6.07) is 2.52. The predicted octanol–water partition coefficient (Wildman–Crippen LogP) is 2.62. The molecule has 130 valence electrons. The summed E-state index contributed by atoms with van der Waals surface area (Å²) in [6.07, 6.45) is -4.15. The Bertz CT molecular complexity index is 974. The fourth-order valence-corrected chi connectivity index (χ4v) is 3.70. The van der Waals surface area contributed by atoms with Crippen LogP contribution in [-0.2, 0) is 26.5 Å². The molecule has 0 amide bonds. The van der Waals surface area contributed by atoms with Crippen molar-refractivity contribution in [2.24, 2.45) is 0 Å².